The molecule has 0 bridgehead atoms. The maximum Gasteiger partial charge on any atom is 0.188 e. The van der Waals surface area contributed by atoms with E-state index >= 15 is 0 Å². The predicted octanol–water partition coefficient (Wildman–Crippen LogP) is 6.01. The Bertz CT molecular complexity index is 911. The topological polar surface area (TPSA) is 41.8 Å². The fraction of sp³-hybridized carbons (Fsp3) is 0.0500. The maximum absolute atomic E-state index is 12.3. The van der Waals surface area contributed by atoms with Crippen molar-refractivity contribution in [3.05, 3.63) is 84.4 Å². The fourth-order valence-corrected chi connectivity index (χ4v) is 2.40. The average Bonchev–Trinajstić information content (AvgIpc) is 2.60. The highest BCUT2D eigenvalue weighted by atomic mass is 16.1. The van der Waals surface area contributed by atoms with Gasteiger partial charge in [-0.25, -0.2) is 0 Å². The van der Waals surface area contributed by atoms with Crippen molar-refractivity contribution < 1.29 is 4.79 Å². The molecule has 23 heavy (non-hydrogen) atoms. The van der Waals surface area contributed by atoms with Crippen LogP contribution in [0.4, 0.5) is 11.4 Å². The first-order valence-electron chi connectivity index (χ1n) is 7.35. The van der Waals surface area contributed by atoms with Crippen molar-refractivity contribution in [2.45, 2.75) is 6.92 Å². The van der Waals surface area contributed by atoms with Gasteiger partial charge in [-0.15, -0.1) is 5.11 Å². The third-order valence-corrected chi connectivity index (χ3v) is 3.56. The molecular weight excluding hydrogens is 284 g/mol. The van der Waals surface area contributed by atoms with Gasteiger partial charge in [0, 0.05) is 10.9 Å². The van der Waals surface area contributed by atoms with Gasteiger partial charge in [0.05, 0.1) is 11.4 Å². The number of hydrogen-bond acceptors (Lipinski definition) is 3. The number of nitrogens with zero attached hydrogens (tertiary/aromatic N) is 2. The van der Waals surface area contributed by atoms with Crippen LogP contribution in [0.3, 0.4) is 0 Å². The summed E-state index contributed by atoms with van der Waals surface area (Å²) in [6.07, 6.45) is 0. The van der Waals surface area contributed by atoms with Gasteiger partial charge in [-0.1, -0.05) is 49.0 Å². The van der Waals surface area contributed by atoms with Crippen molar-refractivity contribution in [3.8, 4) is 0 Å². The molecule has 0 heterocycles. The molecule has 0 aliphatic heterocycles. The lowest BCUT2D eigenvalue weighted by atomic mass is 9.97. The van der Waals surface area contributed by atoms with Crippen molar-refractivity contribution in [2.24, 2.45) is 10.2 Å². The Kier molecular flexibility index (Phi) is 4.11. The zero-order valence-electron chi connectivity index (χ0n) is 12.9. The largest absolute Gasteiger partial charge is 0.289 e. The summed E-state index contributed by atoms with van der Waals surface area (Å²) in [4.78, 5) is 12.3. The quantitative estimate of drug-likeness (QED) is 0.330. The van der Waals surface area contributed by atoms with Crippen LogP contribution in [0, 0.1) is 0 Å². The van der Waals surface area contributed by atoms with E-state index in [-0.39, 0.29) is 5.78 Å². The van der Waals surface area contributed by atoms with Crippen LogP contribution in [-0.2, 0) is 0 Å². The van der Waals surface area contributed by atoms with E-state index in [0.29, 0.717) is 11.1 Å². The van der Waals surface area contributed by atoms with Gasteiger partial charge < -0.3 is 0 Å². The molecule has 3 nitrogen and oxygen atoms in total. The Balaban J connectivity index is 2.10. The molecule has 3 rings (SSSR count). The zero-order valence-corrected chi connectivity index (χ0v) is 12.9. The molecule has 3 heteroatoms. The Morgan fingerprint density at radius 1 is 0.826 bits per heavy atom. The Morgan fingerprint density at radius 2 is 1.48 bits per heavy atom. The number of allylic oxidation sites excluding steroid dienone is 1. The highest BCUT2D eigenvalue weighted by molar-refractivity contribution is 6.17. The number of carbonyl (C=O) groups excluding carboxylic acids is 1. The van der Waals surface area contributed by atoms with Gasteiger partial charge in [-0.05, 0) is 42.1 Å². The molecule has 0 amide bonds. The van der Waals surface area contributed by atoms with E-state index in [0.717, 1.165) is 22.1 Å². The maximum atomic E-state index is 12.3. The second-order valence-electron chi connectivity index (χ2n) is 5.32. The summed E-state index contributed by atoms with van der Waals surface area (Å²) in [5.41, 5.74) is 2.70. The second-order valence-corrected chi connectivity index (χ2v) is 5.32. The van der Waals surface area contributed by atoms with Crippen LogP contribution < -0.4 is 0 Å². The predicted molar refractivity (Wildman–Crippen MR) is 93.7 cm³/mol. The Labute approximate surface area is 135 Å². The molecule has 0 aliphatic carbocycles. The normalized spacial score (nSPS) is 11.0. The van der Waals surface area contributed by atoms with Gasteiger partial charge in [0.2, 0.25) is 0 Å². The highest BCUT2D eigenvalue weighted by Gasteiger charge is 2.12. The minimum atomic E-state index is -0.0484. The van der Waals surface area contributed by atoms with Gasteiger partial charge in [-0.2, -0.15) is 5.11 Å². The molecule has 0 saturated carbocycles. The molecule has 0 fully saturated rings. The summed E-state index contributed by atoms with van der Waals surface area (Å²) in [7, 11) is 0. The number of Topliss-reactive ketones (excluding diaryl/α,β-unsaturated/α-hetero) is 1. The van der Waals surface area contributed by atoms with Crippen LogP contribution in [0.2, 0.25) is 0 Å². The summed E-state index contributed by atoms with van der Waals surface area (Å²) in [5, 5.41) is 10.4. The summed E-state index contributed by atoms with van der Waals surface area (Å²) >= 11 is 0. The number of azo groups is 1. The van der Waals surface area contributed by atoms with Crippen molar-refractivity contribution in [1.29, 1.82) is 0 Å². The van der Waals surface area contributed by atoms with Gasteiger partial charge >= 0.3 is 0 Å². The summed E-state index contributed by atoms with van der Waals surface area (Å²) in [6.45, 7) is 5.47. The van der Waals surface area contributed by atoms with Crippen LogP contribution in [0.5, 0.6) is 0 Å². The third-order valence-electron chi connectivity index (χ3n) is 3.56. The Morgan fingerprint density at radius 3 is 2.17 bits per heavy atom. The second kappa shape index (κ2) is 6.36. The fourth-order valence-electron chi connectivity index (χ4n) is 2.40. The van der Waals surface area contributed by atoms with E-state index in [4.69, 9.17) is 0 Å². The molecule has 0 saturated heterocycles. The van der Waals surface area contributed by atoms with Crippen molar-refractivity contribution in [2.75, 3.05) is 0 Å². The molecule has 0 radical (unpaired) electrons. The monoisotopic (exact) mass is 300 g/mol. The third kappa shape index (κ3) is 3.09. The van der Waals surface area contributed by atoms with Crippen LogP contribution in [-0.4, -0.2) is 5.78 Å². The summed E-state index contributed by atoms with van der Waals surface area (Å²) in [6, 6.07) is 20.9. The minimum absolute atomic E-state index is 0.0484. The van der Waals surface area contributed by atoms with Gasteiger partial charge in [0.25, 0.3) is 0 Å². The molecule has 0 aliphatic rings. The highest BCUT2D eigenvalue weighted by Crippen LogP contribution is 2.31. The van der Waals surface area contributed by atoms with E-state index in [1.165, 1.54) is 0 Å². The number of fused-ring (bicyclic) bond motifs is 1. The van der Waals surface area contributed by atoms with Gasteiger partial charge in [0.15, 0.2) is 5.78 Å². The van der Waals surface area contributed by atoms with E-state index in [2.05, 4.69) is 16.8 Å². The lowest BCUT2D eigenvalue weighted by molar-refractivity contribution is 0.103. The summed E-state index contributed by atoms with van der Waals surface area (Å²) in [5.74, 6) is -0.0484. The SMILES string of the molecule is C=C(C)C(=O)c1ccc(N=Nc2ccccc2)c2ccccc12. The first kappa shape index (κ1) is 14.9. The van der Waals surface area contributed by atoms with E-state index in [9.17, 15) is 4.79 Å². The number of benzene rings is 3. The van der Waals surface area contributed by atoms with Crippen molar-refractivity contribution in [1.82, 2.24) is 0 Å². The van der Waals surface area contributed by atoms with Crippen molar-refractivity contribution >= 4 is 27.9 Å². The zero-order chi connectivity index (χ0) is 16.2. The van der Waals surface area contributed by atoms with Crippen LogP contribution >= 0.6 is 0 Å². The number of ketones is 1. The van der Waals surface area contributed by atoms with Crippen molar-refractivity contribution in [3.63, 3.8) is 0 Å². The first-order chi connectivity index (χ1) is 11.2. The average molecular weight is 300 g/mol. The van der Waals surface area contributed by atoms with E-state index in [1.807, 2.05) is 60.7 Å². The van der Waals surface area contributed by atoms with Crippen LogP contribution in [0.25, 0.3) is 10.8 Å². The lowest BCUT2D eigenvalue weighted by Crippen LogP contribution is -2.00. The van der Waals surface area contributed by atoms with E-state index in [1.54, 1.807) is 13.0 Å². The van der Waals surface area contributed by atoms with Gasteiger partial charge in [-0.3, -0.25) is 4.79 Å². The van der Waals surface area contributed by atoms with E-state index < -0.39 is 0 Å². The minimum Gasteiger partial charge on any atom is -0.289 e. The van der Waals surface area contributed by atoms with Crippen LogP contribution in [0.1, 0.15) is 17.3 Å². The van der Waals surface area contributed by atoms with Crippen LogP contribution in [0.15, 0.2) is 89.1 Å². The molecule has 3 aromatic rings. The molecule has 0 unspecified atom stereocenters. The Hall–Kier alpha value is -3.07. The molecule has 0 N–H and O–H groups in total. The molecule has 0 atom stereocenters. The number of hydrogen-bond donors (Lipinski definition) is 0. The lowest BCUT2D eigenvalue weighted by Gasteiger charge is -2.07. The summed E-state index contributed by atoms with van der Waals surface area (Å²) < 4.78 is 0. The number of carbonyl (C=O) groups is 1. The molecule has 0 aromatic heterocycles. The smallest absolute Gasteiger partial charge is 0.188 e. The molecule has 0 spiro atoms. The molecular formula is C20H16N2O. The first-order valence-corrected chi connectivity index (χ1v) is 7.35. The molecule has 3 aromatic carbocycles. The standard InChI is InChI=1S/C20H16N2O/c1-14(2)20(23)18-12-13-19(17-11-7-6-10-16(17)18)22-21-15-8-4-3-5-9-15/h3-13H,1H2,2H3. The molecule has 112 valence electrons. The number of rotatable bonds is 4. The van der Waals surface area contributed by atoms with Gasteiger partial charge in [0.1, 0.15) is 0 Å².